The Morgan fingerprint density at radius 2 is 2.04 bits per heavy atom. The lowest BCUT2D eigenvalue weighted by atomic mass is 9.91. The summed E-state index contributed by atoms with van der Waals surface area (Å²) in [4.78, 5) is 14.6. The van der Waals surface area contributed by atoms with Gasteiger partial charge in [-0.05, 0) is 56.0 Å². The minimum absolute atomic E-state index is 0.0327. The number of ether oxygens (including phenoxy) is 1. The van der Waals surface area contributed by atoms with E-state index in [2.05, 4.69) is 27.7 Å². The summed E-state index contributed by atoms with van der Waals surface area (Å²) in [6.07, 6.45) is 3.45. The van der Waals surface area contributed by atoms with Crippen LogP contribution in [0, 0.1) is 0 Å². The second-order valence-corrected chi connectivity index (χ2v) is 6.73. The van der Waals surface area contributed by atoms with Gasteiger partial charge >= 0.3 is 0 Å². The maximum Gasteiger partial charge on any atom is 0.251 e. The SMILES string of the molecule is O=C(NCCCN1CCOCC1)c1ccc([C@@H]2CCCNC2)cc1. The molecule has 2 saturated heterocycles. The lowest BCUT2D eigenvalue weighted by Crippen LogP contribution is -2.38. The van der Waals surface area contributed by atoms with E-state index in [1.165, 1.54) is 18.4 Å². The van der Waals surface area contributed by atoms with E-state index in [1.807, 2.05) is 12.1 Å². The second kappa shape index (κ2) is 9.16. The number of amides is 1. The van der Waals surface area contributed by atoms with Crippen molar-refractivity contribution in [2.45, 2.75) is 25.2 Å². The van der Waals surface area contributed by atoms with Gasteiger partial charge in [-0.2, -0.15) is 0 Å². The summed E-state index contributed by atoms with van der Waals surface area (Å²) in [7, 11) is 0. The van der Waals surface area contributed by atoms with Crippen LogP contribution in [0.4, 0.5) is 0 Å². The van der Waals surface area contributed by atoms with Crippen molar-refractivity contribution in [1.82, 2.24) is 15.5 Å². The number of benzene rings is 1. The Kier molecular flexibility index (Phi) is 6.64. The summed E-state index contributed by atoms with van der Waals surface area (Å²) < 4.78 is 5.34. The zero-order valence-electron chi connectivity index (χ0n) is 14.4. The van der Waals surface area contributed by atoms with E-state index in [0.29, 0.717) is 5.92 Å². The summed E-state index contributed by atoms with van der Waals surface area (Å²) in [6, 6.07) is 8.14. The van der Waals surface area contributed by atoms with E-state index in [1.54, 1.807) is 0 Å². The van der Waals surface area contributed by atoms with Crippen molar-refractivity contribution < 1.29 is 9.53 Å². The van der Waals surface area contributed by atoms with Crippen LogP contribution in [0.3, 0.4) is 0 Å². The maximum absolute atomic E-state index is 12.2. The number of rotatable bonds is 6. The smallest absolute Gasteiger partial charge is 0.251 e. The van der Waals surface area contributed by atoms with Crippen molar-refractivity contribution >= 4 is 5.91 Å². The molecule has 0 saturated carbocycles. The van der Waals surface area contributed by atoms with Crippen molar-refractivity contribution in [2.24, 2.45) is 0 Å². The first kappa shape index (κ1) is 17.4. The molecule has 1 aromatic carbocycles. The molecule has 5 nitrogen and oxygen atoms in total. The molecule has 0 unspecified atom stereocenters. The Balaban J connectivity index is 1.39. The summed E-state index contributed by atoms with van der Waals surface area (Å²) in [5.74, 6) is 0.620. The molecular weight excluding hydrogens is 302 g/mol. The molecule has 0 aromatic heterocycles. The van der Waals surface area contributed by atoms with Crippen LogP contribution in [-0.2, 0) is 4.74 Å². The third kappa shape index (κ3) is 5.03. The summed E-state index contributed by atoms with van der Waals surface area (Å²) in [5.41, 5.74) is 2.10. The summed E-state index contributed by atoms with van der Waals surface area (Å²) >= 11 is 0. The van der Waals surface area contributed by atoms with Gasteiger partial charge in [0, 0.05) is 31.7 Å². The molecule has 132 valence electrons. The molecule has 0 aliphatic carbocycles. The molecule has 2 heterocycles. The van der Waals surface area contributed by atoms with Crippen LogP contribution < -0.4 is 10.6 Å². The van der Waals surface area contributed by atoms with Gasteiger partial charge in [0.15, 0.2) is 0 Å². The molecule has 1 amide bonds. The molecule has 0 spiro atoms. The van der Waals surface area contributed by atoms with Gasteiger partial charge in [-0.25, -0.2) is 0 Å². The lowest BCUT2D eigenvalue weighted by Gasteiger charge is -2.26. The van der Waals surface area contributed by atoms with E-state index < -0.39 is 0 Å². The monoisotopic (exact) mass is 331 g/mol. The van der Waals surface area contributed by atoms with Crippen LogP contribution in [0.25, 0.3) is 0 Å². The lowest BCUT2D eigenvalue weighted by molar-refractivity contribution is 0.0374. The normalized spacial score (nSPS) is 22.2. The second-order valence-electron chi connectivity index (χ2n) is 6.73. The maximum atomic E-state index is 12.2. The van der Waals surface area contributed by atoms with Gasteiger partial charge in [-0.3, -0.25) is 9.69 Å². The third-order valence-corrected chi connectivity index (χ3v) is 4.98. The number of nitrogens with one attached hydrogen (secondary N) is 2. The largest absolute Gasteiger partial charge is 0.379 e. The molecule has 2 aliphatic heterocycles. The summed E-state index contributed by atoms with van der Waals surface area (Å²) in [6.45, 7) is 7.59. The van der Waals surface area contributed by atoms with Crippen molar-refractivity contribution in [3.8, 4) is 0 Å². The van der Waals surface area contributed by atoms with Crippen LogP contribution in [0.5, 0.6) is 0 Å². The van der Waals surface area contributed by atoms with E-state index in [0.717, 1.165) is 64.5 Å². The number of carbonyl (C=O) groups is 1. The predicted octanol–water partition coefficient (Wildman–Crippen LogP) is 1.61. The number of hydrogen-bond donors (Lipinski definition) is 2. The zero-order chi connectivity index (χ0) is 16.6. The molecule has 2 fully saturated rings. The van der Waals surface area contributed by atoms with Crippen molar-refractivity contribution in [3.05, 3.63) is 35.4 Å². The van der Waals surface area contributed by atoms with E-state index in [4.69, 9.17) is 4.74 Å². The fraction of sp³-hybridized carbons (Fsp3) is 0.632. The molecule has 3 rings (SSSR count). The Morgan fingerprint density at radius 3 is 2.75 bits per heavy atom. The summed E-state index contributed by atoms with van der Waals surface area (Å²) in [5, 5.41) is 6.47. The molecule has 0 bridgehead atoms. The number of hydrogen-bond acceptors (Lipinski definition) is 4. The van der Waals surface area contributed by atoms with Gasteiger partial charge in [0.2, 0.25) is 0 Å². The average Bonchev–Trinajstić information content (AvgIpc) is 2.67. The quantitative estimate of drug-likeness (QED) is 0.778. The predicted molar refractivity (Wildman–Crippen MR) is 95.5 cm³/mol. The first-order valence-electron chi connectivity index (χ1n) is 9.22. The zero-order valence-corrected chi connectivity index (χ0v) is 14.4. The minimum atomic E-state index is 0.0327. The van der Waals surface area contributed by atoms with Crippen LogP contribution >= 0.6 is 0 Å². The highest BCUT2D eigenvalue weighted by atomic mass is 16.5. The third-order valence-electron chi connectivity index (χ3n) is 4.98. The Morgan fingerprint density at radius 1 is 1.25 bits per heavy atom. The molecule has 0 radical (unpaired) electrons. The Hall–Kier alpha value is -1.43. The topological polar surface area (TPSA) is 53.6 Å². The van der Waals surface area contributed by atoms with Gasteiger partial charge in [0.25, 0.3) is 5.91 Å². The molecule has 5 heteroatoms. The highest BCUT2D eigenvalue weighted by Gasteiger charge is 2.15. The number of carbonyl (C=O) groups excluding carboxylic acids is 1. The van der Waals surface area contributed by atoms with Gasteiger partial charge in [0.05, 0.1) is 13.2 Å². The molecule has 24 heavy (non-hydrogen) atoms. The first-order chi connectivity index (χ1) is 11.8. The molecule has 2 aliphatic rings. The molecule has 1 aromatic rings. The van der Waals surface area contributed by atoms with Crippen LogP contribution in [0.2, 0.25) is 0 Å². The Bertz CT molecular complexity index is 506. The average molecular weight is 331 g/mol. The van der Waals surface area contributed by atoms with Crippen LogP contribution in [0.15, 0.2) is 24.3 Å². The van der Waals surface area contributed by atoms with Crippen molar-refractivity contribution in [1.29, 1.82) is 0 Å². The van der Waals surface area contributed by atoms with Crippen molar-refractivity contribution in [3.63, 3.8) is 0 Å². The number of morpholine rings is 1. The van der Waals surface area contributed by atoms with E-state index >= 15 is 0 Å². The number of piperidine rings is 1. The fourth-order valence-electron chi connectivity index (χ4n) is 3.47. The van der Waals surface area contributed by atoms with Gasteiger partial charge in [-0.15, -0.1) is 0 Å². The van der Waals surface area contributed by atoms with Crippen LogP contribution in [0.1, 0.15) is 41.1 Å². The molecule has 2 N–H and O–H groups in total. The highest BCUT2D eigenvalue weighted by molar-refractivity contribution is 5.94. The number of nitrogens with zero attached hydrogens (tertiary/aromatic N) is 1. The first-order valence-corrected chi connectivity index (χ1v) is 9.22. The van der Waals surface area contributed by atoms with E-state index in [-0.39, 0.29) is 5.91 Å². The van der Waals surface area contributed by atoms with Gasteiger partial charge in [-0.1, -0.05) is 12.1 Å². The van der Waals surface area contributed by atoms with Crippen LogP contribution in [-0.4, -0.2) is 63.3 Å². The van der Waals surface area contributed by atoms with Crippen molar-refractivity contribution in [2.75, 3.05) is 52.5 Å². The fourth-order valence-corrected chi connectivity index (χ4v) is 3.47. The van der Waals surface area contributed by atoms with Gasteiger partial charge in [0.1, 0.15) is 0 Å². The molecular formula is C19H29N3O2. The van der Waals surface area contributed by atoms with Gasteiger partial charge < -0.3 is 15.4 Å². The Labute approximate surface area is 144 Å². The molecule has 1 atom stereocenters. The minimum Gasteiger partial charge on any atom is -0.379 e. The highest BCUT2D eigenvalue weighted by Crippen LogP contribution is 2.23. The standard InChI is InChI=1S/C19H29N3O2/c23-19(21-9-2-10-22-11-13-24-14-12-22)17-6-4-16(5-7-17)18-3-1-8-20-15-18/h4-7,18,20H,1-3,8-15H2,(H,21,23)/t18-/m1/s1. The van der Waals surface area contributed by atoms with E-state index in [9.17, 15) is 4.79 Å².